The van der Waals surface area contributed by atoms with Gasteiger partial charge in [-0.05, 0) is 26.8 Å². The van der Waals surface area contributed by atoms with Crippen LogP contribution in [0.4, 0.5) is 4.79 Å². The summed E-state index contributed by atoms with van der Waals surface area (Å²) in [6.45, 7) is 6.22. The first-order valence-electron chi connectivity index (χ1n) is 4.38. The van der Waals surface area contributed by atoms with Gasteiger partial charge in [-0.15, -0.1) is 0 Å². The molecule has 0 aliphatic carbocycles. The normalized spacial score (nSPS) is 9.58. The molecule has 0 radical (unpaired) electrons. The van der Waals surface area contributed by atoms with Gasteiger partial charge in [-0.25, -0.2) is 4.79 Å². The van der Waals surface area contributed by atoms with E-state index >= 15 is 0 Å². The molecule has 0 heterocycles. The molecule has 4 heteroatoms. The van der Waals surface area contributed by atoms with Gasteiger partial charge >= 0.3 is 6.09 Å². The smallest absolute Gasteiger partial charge is 0.409 e. The first kappa shape index (κ1) is 11.2. The third kappa shape index (κ3) is 4.18. The van der Waals surface area contributed by atoms with Crippen LogP contribution in [0.5, 0.6) is 0 Å². The maximum Gasteiger partial charge on any atom is 0.409 e. The quantitative estimate of drug-likeness (QED) is 0.628. The fourth-order valence-corrected chi connectivity index (χ4v) is 0.816. The third-order valence-electron chi connectivity index (χ3n) is 1.60. The molecular formula is C8H18N2O2. The van der Waals surface area contributed by atoms with E-state index in [1.807, 2.05) is 13.8 Å². The van der Waals surface area contributed by atoms with Crippen molar-refractivity contribution in [2.45, 2.75) is 20.3 Å². The summed E-state index contributed by atoms with van der Waals surface area (Å²) in [5, 5.41) is 0. The summed E-state index contributed by atoms with van der Waals surface area (Å²) in [6.07, 6.45) is 0.487. The van der Waals surface area contributed by atoms with Gasteiger partial charge in [0.25, 0.3) is 0 Å². The molecule has 0 fully saturated rings. The van der Waals surface area contributed by atoms with Gasteiger partial charge < -0.3 is 15.4 Å². The zero-order valence-electron chi connectivity index (χ0n) is 7.88. The minimum Gasteiger partial charge on any atom is -0.449 e. The van der Waals surface area contributed by atoms with Gasteiger partial charge in [0, 0.05) is 13.1 Å². The van der Waals surface area contributed by atoms with Crippen molar-refractivity contribution in [1.29, 1.82) is 0 Å². The number of hydrogen-bond donors (Lipinski definition) is 1. The average Bonchev–Trinajstić information content (AvgIpc) is 2.07. The molecule has 4 nitrogen and oxygen atoms in total. The molecule has 0 aromatic carbocycles. The van der Waals surface area contributed by atoms with Crippen molar-refractivity contribution in [1.82, 2.24) is 4.90 Å². The van der Waals surface area contributed by atoms with E-state index in [4.69, 9.17) is 10.5 Å². The van der Waals surface area contributed by atoms with Crippen LogP contribution in [0.25, 0.3) is 0 Å². The number of nitrogens with zero attached hydrogens (tertiary/aromatic N) is 1. The van der Waals surface area contributed by atoms with Crippen molar-refractivity contribution < 1.29 is 9.53 Å². The lowest BCUT2D eigenvalue weighted by Crippen LogP contribution is -2.31. The van der Waals surface area contributed by atoms with Crippen LogP contribution >= 0.6 is 0 Å². The van der Waals surface area contributed by atoms with Crippen LogP contribution in [0.15, 0.2) is 0 Å². The van der Waals surface area contributed by atoms with Gasteiger partial charge in [-0.1, -0.05) is 0 Å². The Kier molecular flexibility index (Phi) is 6.47. The Hall–Kier alpha value is -0.770. The Bertz CT molecular complexity index is 124. The summed E-state index contributed by atoms with van der Waals surface area (Å²) in [6, 6.07) is 0. The van der Waals surface area contributed by atoms with E-state index in [-0.39, 0.29) is 6.09 Å². The van der Waals surface area contributed by atoms with E-state index in [1.54, 1.807) is 4.90 Å². The molecule has 0 bridgehead atoms. The second-order valence-corrected chi connectivity index (χ2v) is 2.43. The lowest BCUT2D eigenvalue weighted by Gasteiger charge is -2.17. The lowest BCUT2D eigenvalue weighted by molar-refractivity contribution is 0.106. The number of carbonyl (C=O) groups excluding carboxylic acids is 1. The molecule has 0 spiro atoms. The highest BCUT2D eigenvalue weighted by Gasteiger charge is 2.08. The van der Waals surface area contributed by atoms with Crippen LogP contribution in [0.1, 0.15) is 20.3 Å². The van der Waals surface area contributed by atoms with Crippen molar-refractivity contribution in [2.24, 2.45) is 5.73 Å². The maximum absolute atomic E-state index is 11.1. The van der Waals surface area contributed by atoms with Crippen molar-refractivity contribution in [3.63, 3.8) is 0 Å². The van der Waals surface area contributed by atoms with Gasteiger partial charge in [0.1, 0.15) is 0 Å². The number of hydrogen-bond acceptors (Lipinski definition) is 3. The van der Waals surface area contributed by atoms with Crippen molar-refractivity contribution in [3.8, 4) is 0 Å². The van der Waals surface area contributed by atoms with Crippen LogP contribution in [0.3, 0.4) is 0 Å². The molecular weight excluding hydrogens is 156 g/mol. The number of amides is 1. The molecule has 72 valence electrons. The fraction of sp³-hybridized carbons (Fsp3) is 0.875. The van der Waals surface area contributed by atoms with Crippen LogP contribution in [0.2, 0.25) is 0 Å². The fourth-order valence-electron chi connectivity index (χ4n) is 0.816. The summed E-state index contributed by atoms with van der Waals surface area (Å²) >= 11 is 0. The van der Waals surface area contributed by atoms with E-state index in [1.165, 1.54) is 0 Å². The molecule has 0 aliphatic rings. The predicted molar refractivity (Wildman–Crippen MR) is 47.9 cm³/mol. The van der Waals surface area contributed by atoms with E-state index in [0.717, 1.165) is 6.42 Å². The van der Waals surface area contributed by atoms with Crippen LogP contribution in [0, 0.1) is 0 Å². The molecule has 0 aliphatic heterocycles. The zero-order valence-corrected chi connectivity index (χ0v) is 7.88. The minimum atomic E-state index is -0.242. The highest BCUT2D eigenvalue weighted by atomic mass is 16.6. The Morgan fingerprint density at radius 2 is 2.00 bits per heavy atom. The van der Waals surface area contributed by atoms with Crippen molar-refractivity contribution in [2.75, 3.05) is 26.2 Å². The molecule has 0 saturated carbocycles. The molecule has 0 rings (SSSR count). The number of ether oxygens (including phenoxy) is 1. The molecule has 0 saturated heterocycles. The molecule has 0 aromatic heterocycles. The Morgan fingerprint density at radius 1 is 1.42 bits per heavy atom. The zero-order chi connectivity index (χ0) is 9.40. The van der Waals surface area contributed by atoms with E-state index < -0.39 is 0 Å². The Balaban J connectivity index is 3.54. The van der Waals surface area contributed by atoms with Crippen LogP contribution in [-0.4, -0.2) is 37.2 Å². The summed E-state index contributed by atoms with van der Waals surface area (Å²) in [5.41, 5.74) is 5.25. The lowest BCUT2D eigenvalue weighted by atomic mass is 10.5. The van der Waals surface area contributed by atoms with Gasteiger partial charge in [0.05, 0.1) is 6.61 Å². The number of rotatable bonds is 5. The van der Waals surface area contributed by atoms with Gasteiger partial charge in [0.15, 0.2) is 0 Å². The average molecular weight is 174 g/mol. The molecule has 12 heavy (non-hydrogen) atoms. The SMILES string of the molecule is CCN(CC)C(=O)OCCCN. The molecule has 0 unspecified atom stereocenters. The maximum atomic E-state index is 11.1. The van der Waals surface area contributed by atoms with E-state index in [9.17, 15) is 4.79 Å². The highest BCUT2D eigenvalue weighted by molar-refractivity contribution is 5.67. The summed E-state index contributed by atoms with van der Waals surface area (Å²) in [5.74, 6) is 0. The molecule has 0 atom stereocenters. The highest BCUT2D eigenvalue weighted by Crippen LogP contribution is 1.93. The Morgan fingerprint density at radius 3 is 2.42 bits per heavy atom. The van der Waals surface area contributed by atoms with Gasteiger partial charge in [-0.2, -0.15) is 0 Å². The second kappa shape index (κ2) is 6.91. The number of carbonyl (C=O) groups is 1. The summed E-state index contributed by atoms with van der Waals surface area (Å²) in [7, 11) is 0. The molecule has 2 N–H and O–H groups in total. The Labute approximate surface area is 73.7 Å². The number of nitrogens with two attached hydrogens (primary N) is 1. The van der Waals surface area contributed by atoms with Crippen molar-refractivity contribution >= 4 is 6.09 Å². The predicted octanol–water partition coefficient (Wildman–Crippen LogP) is 0.814. The van der Waals surface area contributed by atoms with E-state index in [0.29, 0.717) is 26.2 Å². The first-order valence-corrected chi connectivity index (χ1v) is 4.38. The van der Waals surface area contributed by atoms with Crippen LogP contribution in [-0.2, 0) is 4.74 Å². The summed E-state index contributed by atoms with van der Waals surface area (Å²) in [4.78, 5) is 12.8. The third-order valence-corrected chi connectivity index (χ3v) is 1.60. The van der Waals surface area contributed by atoms with Gasteiger partial charge in [-0.3, -0.25) is 0 Å². The summed E-state index contributed by atoms with van der Waals surface area (Å²) < 4.78 is 4.93. The van der Waals surface area contributed by atoms with Crippen molar-refractivity contribution in [3.05, 3.63) is 0 Å². The molecule has 1 amide bonds. The van der Waals surface area contributed by atoms with Gasteiger partial charge in [0.2, 0.25) is 0 Å². The topological polar surface area (TPSA) is 55.6 Å². The monoisotopic (exact) mass is 174 g/mol. The molecule has 0 aromatic rings. The minimum absolute atomic E-state index is 0.242. The van der Waals surface area contributed by atoms with Crippen LogP contribution < -0.4 is 5.73 Å². The second-order valence-electron chi connectivity index (χ2n) is 2.43. The van der Waals surface area contributed by atoms with E-state index in [2.05, 4.69) is 0 Å². The largest absolute Gasteiger partial charge is 0.449 e. The first-order chi connectivity index (χ1) is 5.76. The standard InChI is InChI=1S/C8H18N2O2/c1-3-10(4-2)8(11)12-7-5-6-9/h3-7,9H2,1-2H3.